The number of carbonyl (C=O) groups excluding carboxylic acids is 4. The topological polar surface area (TPSA) is 237 Å². The van der Waals surface area contributed by atoms with E-state index in [0.29, 0.717) is 32.1 Å². The molecule has 0 heterocycles. The number of carbonyl (C=O) groups is 4. The highest BCUT2D eigenvalue weighted by Crippen LogP contribution is 2.45. The molecule has 0 amide bonds. The van der Waals surface area contributed by atoms with Gasteiger partial charge < -0.3 is 33.8 Å². The Morgan fingerprint density at radius 1 is 0.274 bits per heavy atom. The molecule has 0 aliphatic rings. The van der Waals surface area contributed by atoms with E-state index >= 15 is 0 Å². The van der Waals surface area contributed by atoms with Crippen molar-refractivity contribution >= 4 is 39.5 Å². The lowest BCUT2D eigenvalue weighted by molar-refractivity contribution is -0.161. The summed E-state index contributed by atoms with van der Waals surface area (Å²) in [6, 6.07) is 0. The third-order valence-electron chi connectivity index (χ3n) is 17.1. The molecule has 0 rings (SSSR count). The van der Waals surface area contributed by atoms with Gasteiger partial charge in [0.1, 0.15) is 19.3 Å². The molecule has 0 saturated carbocycles. The Bertz CT molecular complexity index is 2530. The first-order valence-corrected chi connectivity index (χ1v) is 44.4. The van der Waals surface area contributed by atoms with Gasteiger partial charge in [0.15, 0.2) is 12.2 Å². The van der Waals surface area contributed by atoms with Crippen LogP contribution in [0.1, 0.15) is 336 Å². The molecule has 5 atom stereocenters. The summed E-state index contributed by atoms with van der Waals surface area (Å²) in [6.45, 7) is 4.63. The minimum Gasteiger partial charge on any atom is -0.462 e. The van der Waals surface area contributed by atoms with Crippen molar-refractivity contribution in [1.29, 1.82) is 0 Å². The van der Waals surface area contributed by atoms with E-state index in [4.69, 9.17) is 37.0 Å². The monoisotopic (exact) mass is 1530 g/mol. The second-order valence-electron chi connectivity index (χ2n) is 27.3. The minimum absolute atomic E-state index is 0.0270. The van der Waals surface area contributed by atoms with E-state index in [0.717, 1.165) is 135 Å². The van der Waals surface area contributed by atoms with Crippen LogP contribution in [0.3, 0.4) is 0 Å². The molecule has 0 aromatic heterocycles. The number of allylic oxidation sites excluding steroid dienone is 22. The number of hydrogen-bond donors (Lipinski definition) is 3. The maximum absolute atomic E-state index is 13.1. The molecule has 0 bridgehead atoms. The Labute approximate surface area is 644 Å². The molecule has 19 heteroatoms. The second kappa shape index (κ2) is 78.3. The first kappa shape index (κ1) is 101. The molecule has 0 radical (unpaired) electrons. The van der Waals surface area contributed by atoms with Crippen molar-refractivity contribution in [2.45, 2.75) is 354 Å². The summed E-state index contributed by atoms with van der Waals surface area (Å²) in [5.41, 5.74) is 0. The molecule has 608 valence electrons. The Kier molecular flexibility index (Phi) is 74.8. The van der Waals surface area contributed by atoms with E-state index in [1.807, 2.05) is 18.2 Å². The van der Waals surface area contributed by atoms with E-state index in [1.165, 1.54) is 116 Å². The summed E-state index contributed by atoms with van der Waals surface area (Å²) in [7, 11) is -10.00. The van der Waals surface area contributed by atoms with Gasteiger partial charge in [-0.05, 0) is 135 Å². The van der Waals surface area contributed by atoms with Gasteiger partial charge in [-0.2, -0.15) is 0 Å². The molecular formula is C87H148O17P2. The van der Waals surface area contributed by atoms with Crippen molar-refractivity contribution in [1.82, 2.24) is 0 Å². The lowest BCUT2D eigenvalue weighted by atomic mass is 10.0. The largest absolute Gasteiger partial charge is 0.472 e. The van der Waals surface area contributed by atoms with E-state index in [9.17, 15) is 43.2 Å². The summed E-state index contributed by atoms with van der Waals surface area (Å²) in [5.74, 6) is -2.31. The van der Waals surface area contributed by atoms with Crippen LogP contribution in [0.2, 0.25) is 0 Å². The predicted molar refractivity (Wildman–Crippen MR) is 436 cm³/mol. The Morgan fingerprint density at radius 2 is 0.509 bits per heavy atom. The zero-order chi connectivity index (χ0) is 77.4. The van der Waals surface area contributed by atoms with Crippen molar-refractivity contribution in [2.24, 2.45) is 0 Å². The van der Waals surface area contributed by atoms with E-state index in [1.54, 1.807) is 0 Å². The van der Waals surface area contributed by atoms with Gasteiger partial charge >= 0.3 is 39.5 Å². The number of phosphoric ester groups is 2. The van der Waals surface area contributed by atoms with Crippen molar-refractivity contribution in [2.75, 3.05) is 39.6 Å². The molecule has 0 fully saturated rings. The van der Waals surface area contributed by atoms with Crippen LogP contribution in [0.5, 0.6) is 0 Å². The normalized spacial score (nSPS) is 14.5. The number of rotatable bonds is 77. The van der Waals surface area contributed by atoms with Crippen LogP contribution in [0.25, 0.3) is 0 Å². The van der Waals surface area contributed by atoms with Crippen molar-refractivity contribution in [3.8, 4) is 0 Å². The highest BCUT2D eigenvalue weighted by atomic mass is 31.2. The minimum atomic E-state index is -5.01. The maximum atomic E-state index is 13.1. The first-order valence-electron chi connectivity index (χ1n) is 41.4. The van der Waals surface area contributed by atoms with Crippen LogP contribution < -0.4 is 0 Å². The van der Waals surface area contributed by atoms with Crippen molar-refractivity contribution in [3.05, 3.63) is 134 Å². The molecule has 17 nitrogen and oxygen atoms in total. The lowest BCUT2D eigenvalue weighted by Crippen LogP contribution is -2.30. The molecule has 0 aliphatic heterocycles. The molecule has 0 aliphatic carbocycles. The van der Waals surface area contributed by atoms with E-state index < -0.39 is 97.5 Å². The van der Waals surface area contributed by atoms with Gasteiger partial charge in [0, 0.05) is 25.7 Å². The van der Waals surface area contributed by atoms with Crippen LogP contribution in [0, 0.1) is 0 Å². The molecule has 3 N–H and O–H groups in total. The predicted octanol–water partition coefficient (Wildman–Crippen LogP) is 24.4. The number of unbranched alkanes of at least 4 members (excludes halogenated alkanes) is 29. The van der Waals surface area contributed by atoms with Crippen LogP contribution >= 0.6 is 15.6 Å². The highest BCUT2D eigenvalue weighted by Gasteiger charge is 2.30. The average molecular weight is 1530 g/mol. The summed E-state index contributed by atoms with van der Waals surface area (Å²) in [6.07, 6.45) is 88.6. The standard InChI is InChI=1S/C87H148O17P2/c1-5-9-13-17-21-25-29-33-36-38-40-42-45-48-52-56-60-64-68-72-85(90)98-78-83(104-87(92)74-70-66-62-58-54-50-46-43-41-39-37-34-30-26-22-18-14-10-6-2)80-102-106(95,96)100-76-81(88)75-99-105(93,94)101-79-82(77-97-84(89)71-67-63-59-55-51-47-32-28-24-20-16-12-8-4)103-86(91)73-69-65-61-57-53-49-44-35-31-27-23-19-15-11-7-3/h10,14,21-22,25-26,33-37,40-44,48,50,52,54,60,64,81-83,88H,5-9,11-13,15-20,23-24,27-32,38-39,45-47,49,51,53,55-59,61-63,65-80H2,1-4H3,(H,93,94)(H,95,96)/b14-10-,25-21-,26-22-,36-33-,37-34-,42-40-,43-41-,44-35-,52-48-,54-50-,64-60-/t81-,82+,83+/m0/s1. The molecule has 0 saturated heterocycles. The third kappa shape index (κ3) is 77.4. The van der Waals surface area contributed by atoms with Gasteiger partial charge in [0.25, 0.3) is 0 Å². The van der Waals surface area contributed by atoms with Gasteiger partial charge in [-0.1, -0.05) is 309 Å². The zero-order valence-corrected chi connectivity index (χ0v) is 68.4. The highest BCUT2D eigenvalue weighted by molar-refractivity contribution is 7.47. The summed E-state index contributed by atoms with van der Waals surface area (Å²) in [4.78, 5) is 73.1. The van der Waals surface area contributed by atoms with Gasteiger partial charge in [-0.15, -0.1) is 0 Å². The third-order valence-corrected chi connectivity index (χ3v) is 19.0. The SMILES string of the molecule is CC/C=C\C/C=C\C/C=C\C/C=C\C/C=C\CCCCCC(=O)O[C@H](COC(=O)CC/C=C\C/C=C\C/C=C\C/C=C\C/C=C\CCCCC)COP(=O)(O)OC[C@@H](O)COP(=O)(O)OC[C@@H](COC(=O)CCCCCCCCCCCCCCC)OC(=O)CCCCCCC/C=C\CCCCCCCC. The fourth-order valence-electron chi connectivity index (χ4n) is 10.8. The summed E-state index contributed by atoms with van der Waals surface area (Å²) < 4.78 is 68.6. The Morgan fingerprint density at radius 3 is 0.849 bits per heavy atom. The number of aliphatic hydroxyl groups excluding tert-OH is 1. The first-order chi connectivity index (χ1) is 51.7. The molecule has 2 unspecified atom stereocenters. The number of esters is 4. The van der Waals surface area contributed by atoms with Crippen molar-refractivity contribution < 1.29 is 80.2 Å². The molecule has 0 spiro atoms. The number of aliphatic hydroxyl groups is 1. The summed E-state index contributed by atoms with van der Waals surface area (Å²) in [5, 5.41) is 10.7. The van der Waals surface area contributed by atoms with Gasteiger partial charge in [0.05, 0.1) is 26.4 Å². The maximum Gasteiger partial charge on any atom is 0.472 e. The van der Waals surface area contributed by atoms with Crippen molar-refractivity contribution in [3.63, 3.8) is 0 Å². The van der Waals surface area contributed by atoms with Gasteiger partial charge in [-0.25, -0.2) is 9.13 Å². The second-order valence-corrected chi connectivity index (χ2v) is 30.2. The number of hydrogen-bond acceptors (Lipinski definition) is 15. The average Bonchev–Trinajstić information content (AvgIpc) is 0.902. The van der Waals surface area contributed by atoms with Crippen LogP contribution in [0.4, 0.5) is 0 Å². The van der Waals surface area contributed by atoms with Gasteiger partial charge in [-0.3, -0.25) is 37.3 Å². The quantitative estimate of drug-likeness (QED) is 0.0169. The molecule has 0 aromatic carbocycles. The Balaban J connectivity index is 5.47. The fourth-order valence-corrected chi connectivity index (χ4v) is 12.4. The van der Waals surface area contributed by atoms with Crippen LogP contribution in [-0.4, -0.2) is 96.7 Å². The van der Waals surface area contributed by atoms with E-state index in [2.05, 4.69) is 143 Å². The molecule has 0 aromatic rings. The fraction of sp³-hybridized carbons (Fsp3) is 0.701. The number of phosphoric acid groups is 2. The smallest absolute Gasteiger partial charge is 0.462 e. The van der Waals surface area contributed by atoms with Crippen LogP contribution in [-0.2, 0) is 65.4 Å². The summed E-state index contributed by atoms with van der Waals surface area (Å²) >= 11 is 0. The zero-order valence-electron chi connectivity index (χ0n) is 66.6. The number of ether oxygens (including phenoxy) is 4. The van der Waals surface area contributed by atoms with Gasteiger partial charge in [0.2, 0.25) is 0 Å². The Hall–Kier alpha value is -4.80. The van der Waals surface area contributed by atoms with E-state index in [-0.39, 0.29) is 25.7 Å². The molecular weight excluding hydrogens is 1380 g/mol. The molecule has 106 heavy (non-hydrogen) atoms. The lowest BCUT2D eigenvalue weighted by Gasteiger charge is -2.21. The van der Waals surface area contributed by atoms with Crippen LogP contribution in [0.15, 0.2) is 134 Å².